The van der Waals surface area contributed by atoms with Crippen LogP contribution in [-0.2, 0) is 9.59 Å². The van der Waals surface area contributed by atoms with Crippen LogP contribution in [-0.4, -0.2) is 35.8 Å². The predicted octanol–water partition coefficient (Wildman–Crippen LogP) is -0.481. The summed E-state index contributed by atoms with van der Waals surface area (Å²) in [4.78, 5) is 23.2. The van der Waals surface area contributed by atoms with E-state index in [0.717, 1.165) is 0 Å². The summed E-state index contributed by atoms with van der Waals surface area (Å²) in [6.07, 6.45) is 1.23. The van der Waals surface area contributed by atoms with E-state index in [4.69, 9.17) is 0 Å². The third-order valence-corrected chi connectivity index (χ3v) is 1.86. The number of amides is 2. The molecular formula is C8H12N2O2. The first-order valence-corrected chi connectivity index (χ1v) is 3.82. The van der Waals surface area contributed by atoms with Gasteiger partial charge in [0.05, 0.1) is 6.04 Å². The average molecular weight is 168 g/mol. The van der Waals surface area contributed by atoms with Crippen LogP contribution in [0.15, 0.2) is 12.7 Å². The van der Waals surface area contributed by atoms with E-state index in [-0.39, 0.29) is 17.9 Å². The van der Waals surface area contributed by atoms with Crippen molar-refractivity contribution >= 4 is 11.8 Å². The van der Waals surface area contributed by atoms with Crippen molar-refractivity contribution in [3.05, 3.63) is 12.7 Å². The molecule has 4 heteroatoms. The lowest BCUT2D eigenvalue weighted by Gasteiger charge is -2.38. The van der Waals surface area contributed by atoms with Crippen molar-refractivity contribution in [3.63, 3.8) is 0 Å². The number of hydrogen-bond acceptors (Lipinski definition) is 2. The first-order chi connectivity index (χ1) is 5.63. The second kappa shape index (κ2) is 3.38. The lowest BCUT2D eigenvalue weighted by Crippen LogP contribution is -2.60. The highest BCUT2D eigenvalue weighted by Gasteiger charge is 2.28. The molecule has 66 valence electrons. The molecule has 0 aromatic rings. The molecule has 1 N–H and O–H groups in total. The highest BCUT2D eigenvalue weighted by Crippen LogP contribution is 2.06. The minimum atomic E-state index is -0.178. The second-order valence-electron chi connectivity index (χ2n) is 2.83. The minimum absolute atomic E-state index is 0.0547. The van der Waals surface area contributed by atoms with Gasteiger partial charge in [0.2, 0.25) is 11.8 Å². The third kappa shape index (κ3) is 1.84. The van der Waals surface area contributed by atoms with E-state index < -0.39 is 0 Å². The number of rotatable bonds is 2. The molecule has 0 aromatic carbocycles. The molecule has 0 aliphatic carbocycles. The number of likely N-dealkylation sites (tertiary alicyclic amines) is 1. The molecule has 1 rings (SSSR count). The van der Waals surface area contributed by atoms with Gasteiger partial charge in [-0.3, -0.25) is 9.59 Å². The first-order valence-electron chi connectivity index (χ1n) is 3.82. The molecule has 0 radical (unpaired) electrons. The zero-order valence-corrected chi connectivity index (χ0v) is 7.04. The van der Waals surface area contributed by atoms with Crippen molar-refractivity contribution in [3.8, 4) is 0 Å². The van der Waals surface area contributed by atoms with Gasteiger partial charge in [-0.15, -0.1) is 0 Å². The first kappa shape index (κ1) is 8.77. The Morgan fingerprint density at radius 1 is 1.58 bits per heavy atom. The smallest absolute Gasteiger partial charge is 0.243 e. The zero-order valence-electron chi connectivity index (χ0n) is 7.04. The van der Waals surface area contributed by atoms with Gasteiger partial charge in [0, 0.05) is 20.0 Å². The predicted molar refractivity (Wildman–Crippen MR) is 44.4 cm³/mol. The molecule has 1 fully saturated rings. The van der Waals surface area contributed by atoms with E-state index >= 15 is 0 Å². The fraction of sp³-hybridized carbons (Fsp3) is 0.500. The van der Waals surface area contributed by atoms with Gasteiger partial charge in [-0.2, -0.15) is 0 Å². The molecule has 4 nitrogen and oxygen atoms in total. The molecule has 0 aromatic heterocycles. The highest BCUT2D eigenvalue weighted by atomic mass is 16.2. The zero-order chi connectivity index (χ0) is 9.14. The Balaban J connectivity index is 2.22. The Morgan fingerprint density at radius 2 is 2.17 bits per heavy atom. The van der Waals surface area contributed by atoms with E-state index in [1.807, 2.05) is 0 Å². The van der Waals surface area contributed by atoms with Crippen molar-refractivity contribution in [1.29, 1.82) is 0 Å². The normalized spacial score (nSPS) is 16.6. The van der Waals surface area contributed by atoms with Gasteiger partial charge in [0.25, 0.3) is 0 Å². The number of nitrogens with zero attached hydrogens (tertiary/aromatic N) is 1. The van der Waals surface area contributed by atoms with Gasteiger partial charge >= 0.3 is 0 Å². The van der Waals surface area contributed by atoms with Gasteiger partial charge in [0.1, 0.15) is 0 Å². The van der Waals surface area contributed by atoms with Crippen LogP contribution < -0.4 is 5.32 Å². The molecule has 0 spiro atoms. The van der Waals surface area contributed by atoms with Crippen LogP contribution in [0.2, 0.25) is 0 Å². The lowest BCUT2D eigenvalue weighted by atomic mass is 10.1. The number of nitrogens with one attached hydrogen (secondary N) is 1. The molecule has 1 saturated heterocycles. The van der Waals surface area contributed by atoms with E-state index in [9.17, 15) is 9.59 Å². The van der Waals surface area contributed by atoms with Gasteiger partial charge in [-0.05, 0) is 6.08 Å². The van der Waals surface area contributed by atoms with Crippen LogP contribution >= 0.6 is 0 Å². The summed E-state index contributed by atoms with van der Waals surface area (Å²) < 4.78 is 0. The maximum atomic E-state index is 10.8. The van der Waals surface area contributed by atoms with Crippen molar-refractivity contribution in [2.24, 2.45) is 0 Å². The molecule has 0 bridgehead atoms. The van der Waals surface area contributed by atoms with Crippen molar-refractivity contribution in [2.75, 3.05) is 13.1 Å². The third-order valence-electron chi connectivity index (χ3n) is 1.86. The highest BCUT2D eigenvalue weighted by molar-refractivity contribution is 5.87. The van der Waals surface area contributed by atoms with Crippen LogP contribution in [0, 0.1) is 0 Å². The maximum Gasteiger partial charge on any atom is 0.243 e. The summed E-state index contributed by atoms with van der Waals surface area (Å²) in [5.74, 6) is -0.123. The molecule has 1 aliphatic rings. The molecule has 1 heterocycles. The fourth-order valence-electron chi connectivity index (χ4n) is 1.09. The molecule has 12 heavy (non-hydrogen) atoms. The molecule has 0 atom stereocenters. The van der Waals surface area contributed by atoms with Crippen LogP contribution in [0.25, 0.3) is 0 Å². The average Bonchev–Trinajstić information content (AvgIpc) is 1.94. The summed E-state index contributed by atoms with van der Waals surface area (Å²) in [6, 6.07) is 0.111. The Bertz CT molecular complexity index is 219. The van der Waals surface area contributed by atoms with E-state index in [2.05, 4.69) is 11.9 Å². The van der Waals surface area contributed by atoms with Gasteiger partial charge in [-0.25, -0.2) is 0 Å². The second-order valence-corrected chi connectivity index (χ2v) is 2.83. The maximum absolute atomic E-state index is 10.8. The molecule has 1 aliphatic heterocycles. The van der Waals surface area contributed by atoms with Crippen LogP contribution in [0.4, 0.5) is 0 Å². The van der Waals surface area contributed by atoms with Crippen molar-refractivity contribution < 1.29 is 9.59 Å². The summed E-state index contributed by atoms with van der Waals surface area (Å²) in [5.41, 5.74) is 0. The SMILES string of the molecule is C=CC(=O)NC1CN(C(C)=O)C1. The summed E-state index contributed by atoms with van der Waals surface area (Å²) in [7, 11) is 0. The Morgan fingerprint density at radius 3 is 2.58 bits per heavy atom. The molecule has 2 amide bonds. The number of carbonyl (C=O) groups excluding carboxylic acids is 2. The van der Waals surface area contributed by atoms with E-state index in [0.29, 0.717) is 13.1 Å². The Hall–Kier alpha value is -1.32. The van der Waals surface area contributed by atoms with Gasteiger partial charge in [0.15, 0.2) is 0 Å². The molecule has 0 saturated carbocycles. The summed E-state index contributed by atoms with van der Waals surface area (Å²) in [5, 5.41) is 2.70. The van der Waals surface area contributed by atoms with Crippen molar-refractivity contribution in [1.82, 2.24) is 10.2 Å². The van der Waals surface area contributed by atoms with E-state index in [1.165, 1.54) is 13.0 Å². The molecular weight excluding hydrogens is 156 g/mol. The van der Waals surface area contributed by atoms with Crippen molar-refractivity contribution in [2.45, 2.75) is 13.0 Å². The summed E-state index contributed by atoms with van der Waals surface area (Å²) in [6.45, 7) is 6.09. The number of carbonyl (C=O) groups is 2. The fourth-order valence-corrected chi connectivity index (χ4v) is 1.09. The van der Waals surface area contributed by atoms with Crippen LogP contribution in [0.1, 0.15) is 6.92 Å². The van der Waals surface area contributed by atoms with Crippen LogP contribution in [0.5, 0.6) is 0 Å². The standard InChI is InChI=1S/C8H12N2O2/c1-3-8(12)9-7-4-10(5-7)6(2)11/h3,7H,1,4-5H2,2H3,(H,9,12). The van der Waals surface area contributed by atoms with Crippen LogP contribution in [0.3, 0.4) is 0 Å². The summed E-state index contributed by atoms with van der Waals surface area (Å²) >= 11 is 0. The lowest BCUT2D eigenvalue weighted by molar-refractivity contribution is -0.135. The van der Waals surface area contributed by atoms with Gasteiger partial charge < -0.3 is 10.2 Å². The van der Waals surface area contributed by atoms with Gasteiger partial charge in [-0.1, -0.05) is 6.58 Å². The Labute approximate surface area is 71.2 Å². The largest absolute Gasteiger partial charge is 0.346 e. The molecule has 0 unspecified atom stereocenters. The number of hydrogen-bond donors (Lipinski definition) is 1. The van der Waals surface area contributed by atoms with E-state index in [1.54, 1.807) is 4.90 Å². The minimum Gasteiger partial charge on any atom is -0.346 e. The Kier molecular flexibility index (Phi) is 2.47. The topological polar surface area (TPSA) is 49.4 Å². The monoisotopic (exact) mass is 168 g/mol. The quantitative estimate of drug-likeness (QED) is 0.566.